The molecule has 10 heteroatoms. The van der Waals surface area contributed by atoms with E-state index in [2.05, 4.69) is 21.4 Å². The average molecular weight is 406 g/mol. The molecule has 2 atom stereocenters. The maximum absolute atomic E-state index is 12.9. The number of imide groups is 1. The van der Waals surface area contributed by atoms with Crippen LogP contribution < -0.4 is 15.4 Å². The fourth-order valence-corrected chi connectivity index (χ4v) is 3.36. The fraction of sp³-hybridized carbons (Fsp3) is 0.474. The number of rotatable bonds is 7. The Morgan fingerprint density at radius 3 is 2.55 bits per heavy atom. The molecule has 2 aliphatic rings. The van der Waals surface area contributed by atoms with Crippen LogP contribution in [0.5, 0.6) is 5.75 Å². The van der Waals surface area contributed by atoms with Crippen LogP contribution in [0.2, 0.25) is 0 Å². The lowest BCUT2D eigenvalue weighted by Crippen LogP contribution is -2.51. The molecule has 1 aromatic carbocycles. The van der Waals surface area contributed by atoms with Crippen molar-refractivity contribution in [2.24, 2.45) is 5.92 Å². The van der Waals surface area contributed by atoms with Gasteiger partial charge in [-0.2, -0.15) is 14.0 Å². The number of benzene rings is 1. The van der Waals surface area contributed by atoms with Crippen molar-refractivity contribution in [2.75, 3.05) is 6.54 Å². The van der Waals surface area contributed by atoms with Gasteiger partial charge in [0, 0.05) is 0 Å². The van der Waals surface area contributed by atoms with Gasteiger partial charge in [-0.3, -0.25) is 14.5 Å². The summed E-state index contributed by atoms with van der Waals surface area (Å²) in [6, 6.07) is 6.61. The van der Waals surface area contributed by atoms with Gasteiger partial charge in [0.15, 0.2) is 0 Å². The smallest absolute Gasteiger partial charge is 0.387 e. The van der Waals surface area contributed by atoms with Crippen LogP contribution in [0.3, 0.4) is 0 Å². The summed E-state index contributed by atoms with van der Waals surface area (Å²) in [5, 5.41) is 14.5. The molecule has 0 unspecified atom stereocenters. The lowest BCUT2D eigenvalue weighted by atomic mass is 9.92. The van der Waals surface area contributed by atoms with Gasteiger partial charge in [0.1, 0.15) is 23.4 Å². The zero-order chi connectivity index (χ0) is 21.4. The molecule has 1 saturated heterocycles. The fourth-order valence-electron chi connectivity index (χ4n) is 3.36. The van der Waals surface area contributed by atoms with Crippen molar-refractivity contribution in [3.8, 4) is 11.8 Å². The molecule has 1 aliphatic carbocycles. The van der Waals surface area contributed by atoms with Crippen molar-refractivity contribution in [1.82, 2.24) is 15.5 Å². The minimum absolute atomic E-state index is 0.0544. The number of nitrogens with one attached hydrogen (secondary N) is 2. The molecule has 1 aliphatic heterocycles. The summed E-state index contributed by atoms with van der Waals surface area (Å²) in [4.78, 5) is 38.3. The number of amides is 4. The quantitative estimate of drug-likeness (QED) is 0.672. The Hall–Kier alpha value is -3.22. The number of nitriles is 1. The Bertz CT molecular complexity index is 881. The minimum Gasteiger partial charge on any atom is -0.435 e. The first-order valence-corrected chi connectivity index (χ1v) is 9.01. The number of urea groups is 1. The van der Waals surface area contributed by atoms with E-state index in [4.69, 9.17) is 0 Å². The number of carbonyl (C=O) groups excluding carboxylic acids is 3. The molecule has 0 bridgehead atoms. The van der Waals surface area contributed by atoms with Crippen molar-refractivity contribution in [3.05, 3.63) is 29.8 Å². The third-order valence-corrected chi connectivity index (χ3v) is 5.26. The standard InChI is InChI=1S/C19H20F2N4O4/c1-18(10-22,11-3-4-11)23-14(26)9-25-15(27)19(2,24-17(25)28)12-5-7-13(8-6-12)29-16(20)21/h5-8,11,16H,3-4,9H2,1-2H3,(H,23,26)(H,24,28)/t18-,19+/m0/s1. The van der Waals surface area contributed by atoms with Crippen LogP contribution in [-0.4, -0.2) is 41.4 Å². The molecule has 0 radical (unpaired) electrons. The van der Waals surface area contributed by atoms with E-state index in [1.807, 2.05) is 0 Å². The van der Waals surface area contributed by atoms with E-state index < -0.39 is 42.1 Å². The topological polar surface area (TPSA) is 112 Å². The Morgan fingerprint density at radius 1 is 1.41 bits per heavy atom. The highest BCUT2D eigenvalue weighted by Crippen LogP contribution is 2.39. The highest BCUT2D eigenvalue weighted by Gasteiger charge is 2.50. The normalized spacial score (nSPS) is 23.4. The molecule has 8 nitrogen and oxygen atoms in total. The molecule has 0 spiro atoms. The van der Waals surface area contributed by atoms with E-state index in [0.29, 0.717) is 5.56 Å². The Balaban J connectivity index is 1.71. The maximum atomic E-state index is 12.9. The predicted octanol–water partition coefficient (Wildman–Crippen LogP) is 1.86. The van der Waals surface area contributed by atoms with Crippen LogP contribution in [0, 0.1) is 17.2 Å². The van der Waals surface area contributed by atoms with E-state index in [1.54, 1.807) is 6.92 Å². The van der Waals surface area contributed by atoms with E-state index in [9.17, 15) is 28.4 Å². The van der Waals surface area contributed by atoms with Gasteiger partial charge in [-0.05, 0) is 50.3 Å². The highest BCUT2D eigenvalue weighted by molar-refractivity contribution is 6.09. The maximum Gasteiger partial charge on any atom is 0.387 e. The van der Waals surface area contributed by atoms with Crippen molar-refractivity contribution >= 4 is 17.8 Å². The number of carbonyl (C=O) groups is 3. The van der Waals surface area contributed by atoms with Gasteiger partial charge in [0.2, 0.25) is 5.91 Å². The Morgan fingerprint density at radius 2 is 2.03 bits per heavy atom. The molecular weight excluding hydrogens is 386 g/mol. The van der Waals surface area contributed by atoms with Crippen LogP contribution in [0.25, 0.3) is 0 Å². The van der Waals surface area contributed by atoms with Gasteiger partial charge in [0.05, 0.1) is 6.07 Å². The molecule has 1 heterocycles. The summed E-state index contributed by atoms with van der Waals surface area (Å²) in [5.74, 6) is -1.31. The second kappa shape index (κ2) is 7.31. The first-order chi connectivity index (χ1) is 13.6. The molecule has 1 saturated carbocycles. The van der Waals surface area contributed by atoms with Crippen molar-refractivity contribution in [1.29, 1.82) is 5.26 Å². The van der Waals surface area contributed by atoms with E-state index in [1.165, 1.54) is 31.2 Å². The number of alkyl halides is 2. The van der Waals surface area contributed by atoms with Gasteiger partial charge in [-0.15, -0.1) is 0 Å². The molecule has 2 fully saturated rings. The number of ether oxygens (including phenoxy) is 1. The van der Waals surface area contributed by atoms with Gasteiger partial charge >= 0.3 is 12.6 Å². The average Bonchev–Trinajstić information content (AvgIpc) is 3.48. The van der Waals surface area contributed by atoms with Gasteiger partial charge in [-0.1, -0.05) is 12.1 Å². The van der Waals surface area contributed by atoms with Crippen molar-refractivity contribution in [2.45, 2.75) is 44.4 Å². The summed E-state index contributed by atoms with van der Waals surface area (Å²) in [6.07, 6.45) is 1.66. The minimum atomic E-state index is -2.98. The number of halogens is 2. The van der Waals surface area contributed by atoms with Crippen LogP contribution >= 0.6 is 0 Å². The van der Waals surface area contributed by atoms with Gasteiger partial charge < -0.3 is 15.4 Å². The first kappa shape index (κ1) is 20.5. The highest BCUT2D eigenvalue weighted by atomic mass is 19.3. The molecule has 1 aromatic rings. The van der Waals surface area contributed by atoms with Crippen LogP contribution in [-0.2, 0) is 15.1 Å². The monoisotopic (exact) mass is 406 g/mol. The molecule has 2 N–H and O–H groups in total. The Kier molecular flexibility index (Phi) is 5.17. The van der Waals surface area contributed by atoms with Crippen LogP contribution in [0.15, 0.2) is 24.3 Å². The third-order valence-electron chi connectivity index (χ3n) is 5.26. The van der Waals surface area contributed by atoms with E-state index in [0.717, 1.165) is 17.7 Å². The summed E-state index contributed by atoms with van der Waals surface area (Å²) in [6.45, 7) is -0.441. The number of hydrogen-bond donors (Lipinski definition) is 2. The number of nitrogens with zero attached hydrogens (tertiary/aromatic N) is 2. The molecule has 3 rings (SSSR count). The molecule has 0 aromatic heterocycles. The van der Waals surface area contributed by atoms with Crippen molar-refractivity contribution in [3.63, 3.8) is 0 Å². The molecular formula is C19H20F2N4O4. The van der Waals surface area contributed by atoms with Crippen LogP contribution in [0.4, 0.5) is 13.6 Å². The molecule has 154 valence electrons. The van der Waals surface area contributed by atoms with E-state index in [-0.39, 0.29) is 11.7 Å². The molecule has 4 amide bonds. The van der Waals surface area contributed by atoms with Gasteiger partial charge in [0.25, 0.3) is 5.91 Å². The lowest BCUT2D eigenvalue weighted by Gasteiger charge is -2.25. The predicted molar refractivity (Wildman–Crippen MR) is 95.6 cm³/mol. The van der Waals surface area contributed by atoms with E-state index >= 15 is 0 Å². The summed E-state index contributed by atoms with van der Waals surface area (Å²) in [7, 11) is 0. The second-order valence-corrected chi connectivity index (χ2v) is 7.49. The Labute approximate surface area is 165 Å². The van der Waals surface area contributed by atoms with Gasteiger partial charge in [-0.25, -0.2) is 4.79 Å². The number of hydrogen-bond acceptors (Lipinski definition) is 5. The largest absolute Gasteiger partial charge is 0.435 e. The zero-order valence-corrected chi connectivity index (χ0v) is 15.9. The SMILES string of the molecule is C[C@]1(c2ccc(OC(F)F)cc2)NC(=O)N(CC(=O)N[C@@](C)(C#N)C2CC2)C1=O. The lowest BCUT2D eigenvalue weighted by molar-refractivity contribution is -0.135. The molecule has 29 heavy (non-hydrogen) atoms. The van der Waals surface area contributed by atoms with Crippen molar-refractivity contribution < 1.29 is 27.9 Å². The first-order valence-electron chi connectivity index (χ1n) is 9.01. The summed E-state index contributed by atoms with van der Waals surface area (Å²) in [5.41, 5.74) is -2.16. The second-order valence-electron chi connectivity index (χ2n) is 7.49. The zero-order valence-electron chi connectivity index (χ0n) is 15.9. The van der Waals surface area contributed by atoms with Crippen LogP contribution in [0.1, 0.15) is 32.3 Å². The summed E-state index contributed by atoms with van der Waals surface area (Å²) < 4.78 is 28.8. The third kappa shape index (κ3) is 3.99. The summed E-state index contributed by atoms with van der Waals surface area (Å²) >= 11 is 0.